The van der Waals surface area contributed by atoms with Gasteiger partial charge in [-0.3, -0.25) is 9.59 Å². The Balaban J connectivity index is 1.43. The summed E-state index contributed by atoms with van der Waals surface area (Å²) >= 11 is 6.21. The van der Waals surface area contributed by atoms with Crippen LogP contribution in [0, 0.1) is 6.92 Å². The number of halogens is 1. The van der Waals surface area contributed by atoms with E-state index < -0.39 is 10.0 Å². The number of benzene rings is 2. The molecule has 0 spiro atoms. The molecule has 2 aliphatic heterocycles. The first kappa shape index (κ1) is 22.3. The lowest BCUT2D eigenvalue weighted by atomic mass is 10.1. The molecule has 1 N–H and O–H groups in total. The minimum absolute atomic E-state index is 0.00547. The second-order valence-corrected chi connectivity index (χ2v) is 9.90. The number of carbonyl (C=O) groups is 2. The lowest BCUT2D eigenvalue weighted by molar-refractivity contribution is -0.127. The molecule has 2 heterocycles. The molecule has 8 nitrogen and oxygen atoms in total. The lowest BCUT2D eigenvalue weighted by Gasteiger charge is -2.33. The third-order valence-corrected chi connectivity index (χ3v) is 7.69. The highest BCUT2D eigenvalue weighted by molar-refractivity contribution is 7.89. The Morgan fingerprint density at radius 2 is 1.81 bits per heavy atom. The molecular formula is C22H22ClN3O5S. The maximum Gasteiger partial charge on any atom is 0.262 e. The maximum absolute atomic E-state index is 13.2. The monoisotopic (exact) mass is 475 g/mol. The zero-order valence-corrected chi connectivity index (χ0v) is 18.9. The van der Waals surface area contributed by atoms with Gasteiger partial charge in [-0.1, -0.05) is 41.4 Å². The van der Waals surface area contributed by atoms with Crippen molar-refractivity contribution in [2.45, 2.75) is 11.8 Å². The van der Waals surface area contributed by atoms with Crippen LogP contribution >= 0.6 is 11.6 Å². The summed E-state index contributed by atoms with van der Waals surface area (Å²) in [5, 5.41) is 2.59. The Morgan fingerprint density at radius 3 is 2.50 bits per heavy atom. The second-order valence-electron chi connectivity index (χ2n) is 7.59. The van der Waals surface area contributed by atoms with Crippen molar-refractivity contribution < 1.29 is 22.7 Å². The third-order valence-electron chi connectivity index (χ3n) is 5.33. The predicted molar refractivity (Wildman–Crippen MR) is 121 cm³/mol. The van der Waals surface area contributed by atoms with Crippen molar-refractivity contribution in [3.8, 4) is 5.75 Å². The number of carbonyl (C=O) groups excluding carboxylic acids is 2. The molecule has 1 fully saturated rings. The van der Waals surface area contributed by atoms with Crippen LogP contribution in [0.5, 0.6) is 5.75 Å². The van der Waals surface area contributed by atoms with Gasteiger partial charge in [0.05, 0.1) is 10.7 Å². The van der Waals surface area contributed by atoms with E-state index in [4.69, 9.17) is 16.3 Å². The smallest absolute Gasteiger partial charge is 0.262 e. The highest BCUT2D eigenvalue weighted by Crippen LogP contribution is 2.37. The number of sulfonamides is 1. The van der Waals surface area contributed by atoms with Crippen LogP contribution in [0.4, 0.5) is 5.69 Å². The van der Waals surface area contributed by atoms with E-state index in [0.717, 1.165) is 11.1 Å². The van der Waals surface area contributed by atoms with Crippen LogP contribution < -0.4 is 10.1 Å². The molecule has 2 aromatic rings. The molecule has 168 valence electrons. The second kappa shape index (κ2) is 8.93. The van der Waals surface area contributed by atoms with Crippen molar-refractivity contribution >= 4 is 45.2 Å². The summed E-state index contributed by atoms with van der Waals surface area (Å²) in [7, 11) is -3.90. The molecule has 0 saturated carbocycles. The summed E-state index contributed by atoms with van der Waals surface area (Å²) < 4.78 is 32.9. The van der Waals surface area contributed by atoms with Crippen molar-refractivity contribution in [3.05, 3.63) is 58.6 Å². The number of piperazine rings is 1. The van der Waals surface area contributed by atoms with Gasteiger partial charge in [-0.15, -0.1) is 0 Å². The molecular weight excluding hydrogens is 454 g/mol. The van der Waals surface area contributed by atoms with Gasteiger partial charge in [-0.05, 0) is 24.6 Å². The number of aryl methyl sites for hydroxylation is 1. The molecule has 0 atom stereocenters. The molecule has 32 heavy (non-hydrogen) atoms. The van der Waals surface area contributed by atoms with E-state index in [1.54, 1.807) is 11.0 Å². The average molecular weight is 476 g/mol. The molecule has 0 radical (unpaired) electrons. The molecule has 0 unspecified atom stereocenters. The SMILES string of the molecule is Cc1ccc(C=CC(=O)N2CCN(S(=O)(=O)c3cc4c(cc3Cl)NC(=O)CO4)CC2)cc1. The van der Waals surface area contributed by atoms with Crippen molar-refractivity contribution in [2.24, 2.45) is 0 Å². The van der Waals surface area contributed by atoms with Crippen molar-refractivity contribution in [1.29, 1.82) is 0 Å². The summed E-state index contributed by atoms with van der Waals surface area (Å²) in [4.78, 5) is 25.5. The number of hydrogen-bond donors (Lipinski definition) is 1. The Hall–Kier alpha value is -2.88. The van der Waals surface area contributed by atoms with Crippen LogP contribution in [0.15, 0.2) is 47.4 Å². The maximum atomic E-state index is 13.2. The van der Waals surface area contributed by atoms with Crippen LogP contribution in [0.3, 0.4) is 0 Å². The Kier molecular flexibility index (Phi) is 6.23. The molecule has 4 rings (SSSR count). The van der Waals surface area contributed by atoms with Crippen LogP contribution in [-0.4, -0.2) is 62.2 Å². The molecule has 1 saturated heterocycles. The third kappa shape index (κ3) is 4.64. The Bertz CT molecular complexity index is 1190. The zero-order chi connectivity index (χ0) is 22.9. The van der Waals surface area contributed by atoms with E-state index in [-0.39, 0.29) is 60.3 Å². The number of ether oxygens (including phenoxy) is 1. The van der Waals surface area contributed by atoms with E-state index in [1.807, 2.05) is 31.2 Å². The van der Waals surface area contributed by atoms with Gasteiger partial charge in [0.25, 0.3) is 5.91 Å². The number of anilines is 1. The largest absolute Gasteiger partial charge is 0.482 e. The van der Waals surface area contributed by atoms with E-state index in [1.165, 1.54) is 22.5 Å². The number of fused-ring (bicyclic) bond motifs is 1. The minimum Gasteiger partial charge on any atom is -0.482 e. The van der Waals surface area contributed by atoms with Gasteiger partial charge < -0.3 is 15.0 Å². The first-order valence-electron chi connectivity index (χ1n) is 10.0. The highest BCUT2D eigenvalue weighted by atomic mass is 35.5. The van der Waals surface area contributed by atoms with E-state index >= 15 is 0 Å². The number of rotatable bonds is 4. The van der Waals surface area contributed by atoms with Gasteiger partial charge in [0.2, 0.25) is 15.9 Å². The summed E-state index contributed by atoms with van der Waals surface area (Å²) in [6.45, 7) is 2.64. The molecule has 0 aromatic heterocycles. The first-order valence-corrected chi connectivity index (χ1v) is 11.9. The van der Waals surface area contributed by atoms with E-state index in [2.05, 4.69) is 5.32 Å². The van der Waals surface area contributed by atoms with Crippen LogP contribution in [0.2, 0.25) is 5.02 Å². The molecule has 0 aliphatic carbocycles. The fourth-order valence-corrected chi connectivity index (χ4v) is 5.46. The summed E-state index contributed by atoms with van der Waals surface area (Å²) in [6.07, 6.45) is 3.25. The normalized spacial score (nSPS) is 17.1. The van der Waals surface area contributed by atoms with Gasteiger partial charge in [-0.2, -0.15) is 4.31 Å². The molecule has 0 bridgehead atoms. The van der Waals surface area contributed by atoms with Crippen LogP contribution in [0.25, 0.3) is 6.08 Å². The van der Waals surface area contributed by atoms with Gasteiger partial charge >= 0.3 is 0 Å². The van der Waals surface area contributed by atoms with Crippen LogP contribution in [0.1, 0.15) is 11.1 Å². The zero-order valence-electron chi connectivity index (χ0n) is 17.4. The number of amides is 2. The van der Waals surface area contributed by atoms with Crippen molar-refractivity contribution in [2.75, 3.05) is 38.1 Å². The Morgan fingerprint density at radius 1 is 1.12 bits per heavy atom. The summed E-state index contributed by atoms with van der Waals surface area (Å²) in [6, 6.07) is 10.5. The fourth-order valence-electron chi connectivity index (χ4n) is 3.52. The van der Waals surface area contributed by atoms with Gasteiger partial charge in [0.15, 0.2) is 6.61 Å². The van der Waals surface area contributed by atoms with Gasteiger partial charge in [0.1, 0.15) is 10.6 Å². The lowest BCUT2D eigenvalue weighted by Crippen LogP contribution is -2.50. The molecule has 2 aliphatic rings. The van der Waals surface area contributed by atoms with Gasteiger partial charge in [0, 0.05) is 38.3 Å². The average Bonchev–Trinajstić information content (AvgIpc) is 2.78. The molecule has 2 amide bonds. The number of nitrogens with zero attached hydrogens (tertiary/aromatic N) is 2. The van der Waals surface area contributed by atoms with Crippen molar-refractivity contribution in [1.82, 2.24) is 9.21 Å². The number of nitrogens with one attached hydrogen (secondary N) is 1. The minimum atomic E-state index is -3.90. The first-order chi connectivity index (χ1) is 15.2. The fraction of sp³-hybridized carbons (Fsp3) is 0.273. The standard InChI is InChI=1S/C22H22ClN3O5S/c1-15-2-4-16(5-3-15)6-7-22(28)25-8-10-26(11-9-25)32(29,30)20-13-19-18(12-17(20)23)24-21(27)14-31-19/h2-7,12-13H,8-11,14H2,1H3,(H,24,27). The van der Waals surface area contributed by atoms with E-state index in [9.17, 15) is 18.0 Å². The summed E-state index contributed by atoms with van der Waals surface area (Å²) in [5.41, 5.74) is 2.40. The molecule has 10 heteroatoms. The van der Waals surface area contributed by atoms with Crippen LogP contribution in [-0.2, 0) is 19.6 Å². The van der Waals surface area contributed by atoms with E-state index in [0.29, 0.717) is 5.69 Å². The quantitative estimate of drug-likeness (QED) is 0.685. The predicted octanol–water partition coefficient (Wildman–Crippen LogP) is 2.53. The van der Waals surface area contributed by atoms with Crippen molar-refractivity contribution in [3.63, 3.8) is 0 Å². The van der Waals surface area contributed by atoms with Gasteiger partial charge in [-0.25, -0.2) is 8.42 Å². The topological polar surface area (TPSA) is 96.0 Å². The molecule has 2 aromatic carbocycles. The highest BCUT2D eigenvalue weighted by Gasteiger charge is 2.32. The number of hydrogen-bond acceptors (Lipinski definition) is 5. The Labute approximate surface area is 191 Å². The summed E-state index contributed by atoms with van der Waals surface area (Å²) in [5.74, 6) is -0.248.